The van der Waals surface area contributed by atoms with Gasteiger partial charge in [-0.2, -0.15) is 0 Å². The van der Waals surface area contributed by atoms with Crippen LogP contribution in [0.1, 0.15) is 25.3 Å². The molecule has 104 valence electrons. The Bertz CT molecular complexity index is 443. The van der Waals surface area contributed by atoms with Gasteiger partial charge >= 0.3 is 0 Å². The molecule has 5 heteroatoms. The first-order chi connectivity index (χ1) is 9.19. The van der Waals surface area contributed by atoms with Gasteiger partial charge in [-0.25, -0.2) is 0 Å². The predicted molar refractivity (Wildman–Crippen MR) is 79.2 cm³/mol. The maximum atomic E-state index is 11.5. The molecule has 1 aromatic rings. The maximum absolute atomic E-state index is 11.5. The van der Waals surface area contributed by atoms with Crippen molar-refractivity contribution in [3.8, 4) is 0 Å². The van der Waals surface area contributed by atoms with Crippen molar-refractivity contribution in [3.05, 3.63) is 29.8 Å². The molecule has 0 saturated heterocycles. The van der Waals surface area contributed by atoms with Gasteiger partial charge in [0.15, 0.2) is 5.96 Å². The van der Waals surface area contributed by atoms with Crippen LogP contribution in [0, 0.1) is 0 Å². The summed E-state index contributed by atoms with van der Waals surface area (Å²) in [5, 5.41) is 9.01. The van der Waals surface area contributed by atoms with Crippen molar-refractivity contribution in [1.29, 1.82) is 0 Å². The number of hydrogen-bond donors (Lipinski definition) is 3. The number of nitrogens with zero attached hydrogens (tertiary/aromatic N) is 1. The zero-order chi connectivity index (χ0) is 14.1. The Hall–Kier alpha value is -2.04. The highest BCUT2D eigenvalue weighted by Gasteiger charge is 2.02. The maximum Gasteiger partial charge on any atom is 0.224 e. The first kappa shape index (κ1) is 15.0. The van der Waals surface area contributed by atoms with Gasteiger partial charge in [-0.15, -0.1) is 0 Å². The number of hydrogen-bond acceptors (Lipinski definition) is 2. The normalized spacial score (nSPS) is 11.0. The smallest absolute Gasteiger partial charge is 0.224 e. The molecule has 1 aromatic carbocycles. The summed E-state index contributed by atoms with van der Waals surface area (Å²) in [5.74, 6) is 0.791. The van der Waals surface area contributed by atoms with Crippen molar-refractivity contribution in [2.24, 2.45) is 4.99 Å². The van der Waals surface area contributed by atoms with Crippen LogP contribution in [0.4, 0.5) is 5.69 Å². The van der Waals surface area contributed by atoms with Gasteiger partial charge in [-0.3, -0.25) is 9.79 Å². The van der Waals surface area contributed by atoms with Crippen LogP contribution in [0.5, 0.6) is 0 Å². The highest BCUT2D eigenvalue weighted by Crippen LogP contribution is 2.11. The van der Waals surface area contributed by atoms with Crippen LogP contribution in [0.25, 0.3) is 0 Å². The molecule has 0 aromatic heterocycles. The number of aliphatic imine (C=N–C) groups is 1. The van der Waals surface area contributed by atoms with Crippen LogP contribution < -0.4 is 16.0 Å². The van der Waals surface area contributed by atoms with Gasteiger partial charge in [0, 0.05) is 32.7 Å². The highest BCUT2D eigenvalue weighted by molar-refractivity contribution is 5.90. The number of rotatable bonds is 5. The lowest BCUT2D eigenvalue weighted by Gasteiger charge is -2.10. The Kier molecular flexibility index (Phi) is 6.43. The monoisotopic (exact) mass is 262 g/mol. The minimum Gasteiger partial charge on any atom is -0.359 e. The van der Waals surface area contributed by atoms with E-state index in [-0.39, 0.29) is 5.91 Å². The molecule has 0 heterocycles. The second kappa shape index (κ2) is 8.13. The lowest BCUT2D eigenvalue weighted by atomic mass is 10.2. The fourth-order valence-corrected chi connectivity index (χ4v) is 1.67. The molecular weight excluding hydrogens is 240 g/mol. The molecule has 0 saturated carbocycles. The minimum absolute atomic E-state index is 0.0543. The third-order valence-corrected chi connectivity index (χ3v) is 2.61. The molecule has 0 atom stereocenters. The molecular formula is C14H22N4O. The Morgan fingerprint density at radius 2 is 2.16 bits per heavy atom. The molecule has 1 rings (SSSR count). The van der Waals surface area contributed by atoms with Gasteiger partial charge in [-0.1, -0.05) is 19.1 Å². The standard InChI is InChI=1S/C14H22N4O/c1-4-6-13(19)18-12-8-5-7-11(9-12)10-17-14(15-2)16-3/h5,7-9H,4,6,10H2,1-3H3,(H,18,19)(H2,15,16,17). The molecule has 0 bridgehead atoms. The molecule has 0 aliphatic heterocycles. The van der Waals surface area contributed by atoms with E-state index >= 15 is 0 Å². The van der Waals surface area contributed by atoms with Crippen LogP contribution in [0.3, 0.4) is 0 Å². The third kappa shape index (κ3) is 5.42. The van der Waals surface area contributed by atoms with Gasteiger partial charge < -0.3 is 16.0 Å². The van der Waals surface area contributed by atoms with Crippen molar-refractivity contribution in [1.82, 2.24) is 10.6 Å². The van der Waals surface area contributed by atoms with E-state index in [9.17, 15) is 4.79 Å². The minimum atomic E-state index is 0.0543. The van der Waals surface area contributed by atoms with E-state index < -0.39 is 0 Å². The second-order valence-electron chi connectivity index (χ2n) is 4.17. The fourth-order valence-electron chi connectivity index (χ4n) is 1.67. The first-order valence-corrected chi connectivity index (χ1v) is 6.46. The van der Waals surface area contributed by atoms with E-state index in [0.717, 1.165) is 23.6 Å². The number of amides is 1. The number of nitrogens with one attached hydrogen (secondary N) is 3. The molecule has 19 heavy (non-hydrogen) atoms. The number of benzene rings is 1. The van der Waals surface area contributed by atoms with Crippen LogP contribution in [-0.4, -0.2) is 26.0 Å². The number of carbonyl (C=O) groups is 1. The van der Waals surface area contributed by atoms with E-state index in [1.54, 1.807) is 7.05 Å². The molecule has 0 spiro atoms. The number of carbonyl (C=O) groups excluding carboxylic acids is 1. The molecule has 0 aliphatic carbocycles. The van der Waals surface area contributed by atoms with Crippen LogP contribution in [-0.2, 0) is 11.3 Å². The van der Waals surface area contributed by atoms with Crippen LogP contribution >= 0.6 is 0 Å². The molecule has 0 aliphatic rings. The topological polar surface area (TPSA) is 65.5 Å². The van der Waals surface area contributed by atoms with Crippen molar-refractivity contribution in [2.75, 3.05) is 19.4 Å². The summed E-state index contributed by atoms with van der Waals surface area (Å²) < 4.78 is 0. The predicted octanol–water partition coefficient (Wildman–Crippen LogP) is 1.72. The summed E-state index contributed by atoms with van der Waals surface area (Å²) in [6.45, 7) is 2.65. The Labute approximate surface area is 114 Å². The summed E-state index contributed by atoms with van der Waals surface area (Å²) in [4.78, 5) is 15.6. The highest BCUT2D eigenvalue weighted by atomic mass is 16.1. The SMILES string of the molecule is CCCC(=O)Nc1cccc(CNC(=NC)NC)c1. The van der Waals surface area contributed by atoms with E-state index in [1.165, 1.54) is 0 Å². The fraction of sp³-hybridized carbons (Fsp3) is 0.429. The summed E-state index contributed by atoms with van der Waals surface area (Å²) in [6, 6.07) is 7.79. The molecule has 3 N–H and O–H groups in total. The number of anilines is 1. The Morgan fingerprint density at radius 1 is 1.37 bits per heavy atom. The summed E-state index contributed by atoms with van der Waals surface area (Å²) in [7, 11) is 3.54. The van der Waals surface area contributed by atoms with E-state index in [2.05, 4.69) is 20.9 Å². The van der Waals surface area contributed by atoms with E-state index in [1.807, 2.05) is 38.2 Å². The third-order valence-electron chi connectivity index (χ3n) is 2.61. The average Bonchev–Trinajstić information content (AvgIpc) is 2.40. The molecule has 0 fully saturated rings. The first-order valence-electron chi connectivity index (χ1n) is 6.46. The van der Waals surface area contributed by atoms with Gasteiger partial charge in [0.1, 0.15) is 0 Å². The lowest BCUT2D eigenvalue weighted by Crippen LogP contribution is -2.34. The van der Waals surface area contributed by atoms with Crippen molar-refractivity contribution in [2.45, 2.75) is 26.3 Å². The molecule has 1 amide bonds. The summed E-state index contributed by atoms with van der Waals surface area (Å²) >= 11 is 0. The summed E-state index contributed by atoms with van der Waals surface area (Å²) in [6.07, 6.45) is 1.40. The molecule has 0 radical (unpaired) electrons. The zero-order valence-corrected chi connectivity index (χ0v) is 11.8. The van der Waals surface area contributed by atoms with Gasteiger partial charge in [-0.05, 0) is 24.1 Å². The van der Waals surface area contributed by atoms with Crippen LogP contribution in [0.15, 0.2) is 29.3 Å². The molecule has 5 nitrogen and oxygen atoms in total. The van der Waals surface area contributed by atoms with Crippen molar-refractivity contribution in [3.63, 3.8) is 0 Å². The molecule has 0 unspecified atom stereocenters. The largest absolute Gasteiger partial charge is 0.359 e. The Morgan fingerprint density at radius 3 is 2.79 bits per heavy atom. The average molecular weight is 262 g/mol. The van der Waals surface area contributed by atoms with Gasteiger partial charge in [0.2, 0.25) is 5.91 Å². The van der Waals surface area contributed by atoms with Gasteiger partial charge in [0.05, 0.1) is 0 Å². The van der Waals surface area contributed by atoms with E-state index in [0.29, 0.717) is 13.0 Å². The second-order valence-corrected chi connectivity index (χ2v) is 4.17. The quantitative estimate of drug-likeness (QED) is 0.559. The van der Waals surface area contributed by atoms with Gasteiger partial charge in [0.25, 0.3) is 0 Å². The summed E-state index contributed by atoms with van der Waals surface area (Å²) in [5.41, 5.74) is 1.92. The lowest BCUT2D eigenvalue weighted by molar-refractivity contribution is -0.116. The number of guanidine groups is 1. The zero-order valence-electron chi connectivity index (χ0n) is 11.8. The van der Waals surface area contributed by atoms with Crippen molar-refractivity contribution < 1.29 is 4.79 Å². The Balaban J connectivity index is 2.59. The van der Waals surface area contributed by atoms with Crippen molar-refractivity contribution >= 4 is 17.6 Å². The van der Waals surface area contributed by atoms with Crippen LogP contribution in [0.2, 0.25) is 0 Å². The van der Waals surface area contributed by atoms with E-state index in [4.69, 9.17) is 0 Å².